The fourth-order valence-corrected chi connectivity index (χ4v) is 1.57. The maximum Gasteiger partial charge on any atom is 0.0193 e. The van der Waals surface area contributed by atoms with E-state index >= 15 is 0 Å². The Balaban J connectivity index is 0.000000405. The summed E-state index contributed by atoms with van der Waals surface area (Å²) in [5.41, 5.74) is 0. The van der Waals surface area contributed by atoms with Crippen LogP contribution in [0.2, 0.25) is 0 Å². The first kappa shape index (κ1) is 10.5. The van der Waals surface area contributed by atoms with Crippen molar-refractivity contribution >= 4 is 24.8 Å². The van der Waals surface area contributed by atoms with Crippen molar-refractivity contribution in [2.24, 2.45) is 0 Å². The fraction of sp³-hybridized carbons (Fsp3) is 1.00. The van der Waals surface area contributed by atoms with Crippen LogP contribution in [0.15, 0.2) is 0 Å². The standard InChI is InChI=1S/C6H12N2.2ClH/c1-2-6-4-7-5(1)3-8-6;;/h5-8H,1-4H2;2*1H/t5-,6-;;/m0../s1. The van der Waals surface area contributed by atoms with Gasteiger partial charge < -0.3 is 10.6 Å². The summed E-state index contributed by atoms with van der Waals surface area (Å²) in [5, 5.41) is 6.91. The van der Waals surface area contributed by atoms with Crippen LogP contribution >= 0.6 is 24.8 Å². The first-order chi connectivity index (χ1) is 3.95. The maximum atomic E-state index is 3.46. The predicted molar refractivity (Wildman–Crippen MR) is 47.3 cm³/mol. The summed E-state index contributed by atoms with van der Waals surface area (Å²) < 4.78 is 0. The second kappa shape index (κ2) is 4.39. The van der Waals surface area contributed by atoms with Crippen LogP contribution < -0.4 is 10.6 Å². The maximum absolute atomic E-state index is 3.46. The lowest BCUT2D eigenvalue weighted by Gasteiger charge is -2.37. The van der Waals surface area contributed by atoms with Crippen LogP contribution in [-0.2, 0) is 0 Å². The third-order valence-corrected chi connectivity index (χ3v) is 2.17. The Morgan fingerprint density at radius 3 is 1.30 bits per heavy atom. The third kappa shape index (κ3) is 1.99. The molecule has 3 saturated heterocycles. The lowest BCUT2D eigenvalue weighted by atomic mass is 9.96. The largest absolute Gasteiger partial charge is 0.311 e. The lowest BCUT2D eigenvalue weighted by molar-refractivity contribution is 0.251. The topological polar surface area (TPSA) is 24.1 Å². The van der Waals surface area contributed by atoms with Crippen LogP contribution in [-0.4, -0.2) is 25.2 Å². The van der Waals surface area contributed by atoms with Gasteiger partial charge in [0, 0.05) is 25.2 Å². The Bertz CT molecular complexity index is 68.7. The van der Waals surface area contributed by atoms with Crippen molar-refractivity contribution in [1.29, 1.82) is 0 Å². The minimum Gasteiger partial charge on any atom is -0.311 e. The van der Waals surface area contributed by atoms with Crippen LogP contribution in [0.25, 0.3) is 0 Å². The van der Waals surface area contributed by atoms with Gasteiger partial charge in [0.1, 0.15) is 0 Å². The van der Waals surface area contributed by atoms with E-state index in [0.717, 1.165) is 12.1 Å². The molecule has 0 radical (unpaired) electrons. The highest BCUT2D eigenvalue weighted by molar-refractivity contribution is 5.85. The second-order valence-electron chi connectivity index (χ2n) is 2.79. The van der Waals surface area contributed by atoms with Crippen molar-refractivity contribution in [3.05, 3.63) is 0 Å². The molecule has 2 atom stereocenters. The van der Waals surface area contributed by atoms with E-state index in [9.17, 15) is 0 Å². The number of hydrogen-bond donors (Lipinski definition) is 2. The summed E-state index contributed by atoms with van der Waals surface area (Å²) in [6, 6.07) is 1.58. The SMILES string of the molecule is C1C[C@H]2CN[C@@H]1CN2.Cl.Cl. The van der Waals surface area contributed by atoms with Gasteiger partial charge in [-0.05, 0) is 12.8 Å². The summed E-state index contributed by atoms with van der Waals surface area (Å²) in [4.78, 5) is 0. The second-order valence-corrected chi connectivity index (χ2v) is 2.79. The Morgan fingerprint density at radius 1 is 0.800 bits per heavy atom. The zero-order valence-electron chi connectivity index (χ0n) is 5.80. The van der Waals surface area contributed by atoms with E-state index in [2.05, 4.69) is 10.6 Å². The smallest absolute Gasteiger partial charge is 0.0193 e. The molecule has 3 aliphatic heterocycles. The van der Waals surface area contributed by atoms with E-state index in [1.807, 2.05) is 0 Å². The van der Waals surface area contributed by atoms with Crippen molar-refractivity contribution in [3.63, 3.8) is 0 Å². The zero-order valence-corrected chi connectivity index (χ0v) is 7.43. The molecule has 2 nitrogen and oxygen atoms in total. The van der Waals surface area contributed by atoms with Gasteiger partial charge in [-0.2, -0.15) is 0 Å². The Labute approximate surface area is 74.0 Å². The third-order valence-electron chi connectivity index (χ3n) is 2.17. The first-order valence-corrected chi connectivity index (χ1v) is 3.42. The summed E-state index contributed by atoms with van der Waals surface area (Å²) in [5.74, 6) is 0. The fourth-order valence-electron chi connectivity index (χ4n) is 1.57. The molecular formula is C6H14Cl2N2. The van der Waals surface area contributed by atoms with E-state index in [1.54, 1.807) is 0 Å². The van der Waals surface area contributed by atoms with Crippen molar-refractivity contribution in [2.75, 3.05) is 13.1 Å². The van der Waals surface area contributed by atoms with Crippen molar-refractivity contribution in [1.82, 2.24) is 10.6 Å². The average Bonchev–Trinajstić information content (AvgIpc) is 1.92. The Kier molecular flexibility index (Phi) is 4.61. The van der Waals surface area contributed by atoms with Crippen molar-refractivity contribution in [2.45, 2.75) is 24.9 Å². The average molecular weight is 185 g/mol. The molecule has 0 saturated carbocycles. The highest BCUT2D eigenvalue weighted by atomic mass is 35.5. The number of fused-ring (bicyclic) bond motifs is 3. The van der Waals surface area contributed by atoms with E-state index in [0.29, 0.717) is 0 Å². The van der Waals surface area contributed by atoms with Crippen molar-refractivity contribution in [3.8, 4) is 0 Å². The van der Waals surface area contributed by atoms with Crippen LogP contribution in [0.4, 0.5) is 0 Å². The number of nitrogens with one attached hydrogen (secondary N) is 2. The Hall–Kier alpha value is 0.500. The van der Waals surface area contributed by atoms with E-state index in [1.165, 1.54) is 25.9 Å². The molecule has 0 aliphatic carbocycles. The number of halogens is 2. The molecule has 2 bridgehead atoms. The van der Waals surface area contributed by atoms with Gasteiger partial charge >= 0.3 is 0 Å². The van der Waals surface area contributed by atoms with Crippen molar-refractivity contribution < 1.29 is 0 Å². The first-order valence-electron chi connectivity index (χ1n) is 3.42. The quantitative estimate of drug-likeness (QED) is 0.576. The molecule has 3 rings (SSSR count). The molecule has 4 heteroatoms. The van der Waals surface area contributed by atoms with Crippen LogP contribution in [0.3, 0.4) is 0 Å². The highest BCUT2D eigenvalue weighted by Crippen LogP contribution is 2.12. The molecule has 62 valence electrons. The molecule has 0 spiro atoms. The van der Waals surface area contributed by atoms with Gasteiger partial charge in [-0.25, -0.2) is 0 Å². The number of rotatable bonds is 0. The molecule has 0 unspecified atom stereocenters. The summed E-state index contributed by atoms with van der Waals surface area (Å²) in [7, 11) is 0. The Morgan fingerprint density at radius 2 is 1.20 bits per heavy atom. The summed E-state index contributed by atoms with van der Waals surface area (Å²) >= 11 is 0. The zero-order chi connectivity index (χ0) is 5.40. The number of hydrogen-bond acceptors (Lipinski definition) is 2. The predicted octanol–water partition coefficient (Wildman–Crippen LogP) is 0.554. The molecule has 3 heterocycles. The van der Waals surface area contributed by atoms with Crippen LogP contribution in [0, 0.1) is 0 Å². The van der Waals surface area contributed by atoms with Crippen LogP contribution in [0.1, 0.15) is 12.8 Å². The molecule has 0 aromatic heterocycles. The normalized spacial score (nSPS) is 36.0. The van der Waals surface area contributed by atoms with Gasteiger partial charge in [0.25, 0.3) is 0 Å². The monoisotopic (exact) mass is 184 g/mol. The molecule has 3 fully saturated rings. The number of piperidine rings is 2. The minimum absolute atomic E-state index is 0. The van der Waals surface area contributed by atoms with Gasteiger partial charge in [-0.3, -0.25) is 0 Å². The van der Waals surface area contributed by atoms with Gasteiger partial charge in [0.15, 0.2) is 0 Å². The molecule has 10 heavy (non-hydrogen) atoms. The molecular weight excluding hydrogens is 171 g/mol. The van der Waals surface area contributed by atoms with E-state index < -0.39 is 0 Å². The van der Waals surface area contributed by atoms with Gasteiger partial charge in [0.05, 0.1) is 0 Å². The molecule has 2 N–H and O–H groups in total. The molecule has 3 aliphatic rings. The number of piperazine rings is 1. The van der Waals surface area contributed by atoms with E-state index in [-0.39, 0.29) is 24.8 Å². The molecule has 0 aromatic rings. The molecule has 0 amide bonds. The summed E-state index contributed by atoms with van der Waals surface area (Å²) in [6.45, 7) is 2.40. The molecule has 0 aromatic carbocycles. The van der Waals surface area contributed by atoms with Gasteiger partial charge in [-0.15, -0.1) is 24.8 Å². The van der Waals surface area contributed by atoms with Crippen LogP contribution in [0.5, 0.6) is 0 Å². The van der Waals surface area contributed by atoms with Gasteiger partial charge in [0.2, 0.25) is 0 Å². The lowest BCUT2D eigenvalue weighted by Crippen LogP contribution is -2.58. The van der Waals surface area contributed by atoms with E-state index in [4.69, 9.17) is 0 Å². The van der Waals surface area contributed by atoms with Gasteiger partial charge in [-0.1, -0.05) is 0 Å². The summed E-state index contributed by atoms with van der Waals surface area (Å²) in [6.07, 6.45) is 2.77. The highest BCUT2D eigenvalue weighted by Gasteiger charge is 2.25. The minimum atomic E-state index is 0.